The maximum atomic E-state index is 12.7. The summed E-state index contributed by atoms with van der Waals surface area (Å²) in [7, 11) is -2.74. The van der Waals surface area contributed by atoms with Crippen LogP contribution in [-0.2, 0) is 25.4 Å². The second-order valence-corrected chi connectivity index (χ2v) is 15.2. The van der Waals surface area contributed by atoms with Crippen molar-refractivity contribution in [3.05, 3.63) is 96.6 Å². The maximum Gasteiger partial charge on any atom is 0.261 e. The summed E-state index contributed by atoms with van der Waals surface area (Å²) in [5.41, 5.74) is 1.02. The minimum atomic E-state index is -2.74. The Morgan fingerprint density at radius 3 is 1.68 bits per heavy atom. The lowest BCUT2D eigenvalue weighted by molar-refractivity contribution is -0.142. The van der Waals surface area contributed by atoms with E-state index < -0.39 is 31.9 Å². The van der Waals surface area contributed by atoms with Crippen LogP contribution in [0.25, 0.3) is 0 Å². The quantitative estimate of drug-likeness (QED) is 0.233. The van der Waals surface area contributed by atoms with Crippen LogP contribution in [0.1, 0.15) is 47.1 Å². The van der Waals surface area contributed by atoms with Crippen molar-refractivity contribution in [3.8, 4) is 0 Å². The van der Waals surface area contributed by atoms with Crippen molar-refractivity contribution < 1.29 is 18.8 Å². The van der Waals surface area contributed by atoms with E-state index in [1.54, 1.807) is 6.92 Å². The first-order valence-corrected chi connectivity index (χ1v) is 14.9. The van der Waals surface area contributed by atoms with Crippen LogP contribution >= 0.6 is 0 Å². The van der Waals surface area contributed by atoms with E-state index in [1.807, 2.05) is 42.5 Å². The lowest BCUT2D eigenvalue weighted by Crippen LogP contribution is -2.67. The zero-order chi connectivity index (χ0) is 27.1. The van der Waals surface area contributed by atoms with Gasteiger partial charge in [0.05, 0.1) is 12.7 Å². The summed E-state index contributed by atoms with van der Waals surface area (Å²) in [5, 5.41) is 2.25. The minimum absolute atomic E-state index is 0.122. The number of ether oxygens (including phenoxy) is 1. The first-order valence-electron chi connectivity index (χ1n) is 13.0. The summed E-state index contributed by atoms with van der Waals surface area (Å²) in [6, 6.07) is 30.9. The third kappa shape index (κ3) is 6.72. The Labute approximate surface area is 223 Å². The van der Waals surface area contributed by atoms with Gasteiger partial charge < -0.3 is 9.16 Å². The Kier molecular flexibility index (Phi) is 9.77. The fraction of sp³-hybridized carbons (Fsp3) is 0.375. The molecule has 0 saturated carbocycles. The van der Waals surface area contributed by atoms with Gasteiger partial charge in [0.25, 0.3) is 8.32 Å². The van der Waals surface area contributed by atoms with Crippen LogP contribution in [0.3, 0.4) is 0 Å². The zero-order valence-electron chi connectivity index (χ0n) is 22.9. The molecule has 0 aliphatic carbocycles. The highest BCUT2D eigenvalue weighted by atomic mass is 28.4. The van der Waals surface area contributed by atoms with Crippen molar-refractivity contribution in [3.63, 3.8) is 0 Å². The number of Topliss-reactive ketones (excluding diaryl/α,β-unsaturated/α-hetero) is 2. The lowest BCUT2D eigenvalue weighted by Gasteiger charge is -2.44. The first-order chi connectivity index (χ1) is 17.6. The molecule has 37 heavy (non-hydrogen) atoms. The number of benzene rings is 3. The molecule has 196 valence electrons. The molecule has 3 aromatic carbocycles. The van der Waals surface area contributed by atoms with Crippen LogP contribution in [0.5, 0.6) is 0 Å². The minimum Gasteiger partial charge on any atom is -0.407 e. The van der Waals surface area contributed by atoms with Gasteiger partial charge in [0, 0.05) is 25.4 Å². The summed E-state index contributed by atoms with van der Waals surface area (Å²) >= 11 is 0. The van der Waals surface area contributed by atoms with Gasteiger partial charge in [-0.15, -0.1) is 0 Å². The largest absolute Gasteiger partial charge is 0.407 e. The molecule has 0 aliphatic rings. The van der Waals surface area contributed by atoms with E-state index >= 15 is 0 Å². The Morgan fingerprint density at radius 1 is 0.784 bits per heavy atom. The van der Waals surface area contributed by atoms with Gasteiger partial charge in [-0.1, -0.05) is 126 Å². The van der Waals surface area contributed by atoms with Crippen molar-refractivity contribution in [1.82, 2.24) is 0 Å². The first kappa shape index (κ1) is 28.7. The number of hydrogen-bond acceptors (Lipinski definition) is 4. The fourth-order valence-electron chi connectivity index (χ4n) is 5.15. The molecule has 0 heterocycles. The molecule has 0 aliphatic heterocycles. The molecule has 0 fully saturated rings. The Balaban J connectivity index is 1.95. The van der Waals surface area contributed by atoms with Crippen LogP contribution in [-0.4, -0.2) is 32.6 Å². The molecule has 0 N–H and O–H groups in total. The predicted octanol–water partition coefficient (Wildman–Crippen LogP) is 5.58. The Hall–Kier alpha value is -2.86. The topological polar surface area (TPSA) is 52.6 Å². The van der Waals surface area contributed by atoms with Gasteiger partial charge in [0.15, 0.2) is 5.78 Å². The van der Waals surface area contributed by atoms with E-state index in [0.29, 0.717) is 13.2 Å². The van der Waals surface area contributed by atoms with Crippen molar-refractivity contribution in [2.45, 2.75) is 59.3 Å². The predicted molar refractivity (Wildman–Crippen MR) is 153 cm³/mol. The third-order valence-corrected chi connectivity index (χ3v) is 12.1. The number of carbonyl (C=O) groups is 2. The van der Waals surface area contributed by atoms with E-state index in [4.69, 9.17) is 9.16 Å². The van der Waals surface area contributed by atoms with Gasteiger partial charge in [0.1, 0.15) is 0 Å². The molecule has 0 bridgehead atoms. The molecule has 0 unspecified atom stereocenters. The smallest absolute Gasteiger partial charge is 0.261 e. The van der Waals surface area contributed by atoms with E-state index in [1.165, 1.54) is 17.3 Å². The highest BCUT2D eigenvalue weighted by Gasteiger charge is 2.50. The second kappa shape index (κ2) is 12.6. The van der Waals surface area contributed by atoms with E-state index in [0.717, 1.165) is 5.56 Å². The van der Waals surface area contributed by atoms with E-state index in [9.17, 15) is 9.59 Å². The molecule has 0 amide bonds. The lowest BCUT2D eigenvalue weighted by atomic mass is 9.89. The molecule has 3 rings (SSSR count). The second-order valence-electron chi connectivity index (χ2n) is 10.9. The average Bonchev–Trinajstić information content (AvgIpc) is 2.89. The van der Waals surface area contributed by atoms with Gasteiger partial charge in [-0.3, -0.25) is 9.59 Å². The monoisotopic (exact) mass is 516 g/mol. The van der Waals surface area contributed by atoms with Crippen molar-refractivity contribution >= 4 is 30.3 Å². The standard InChI is InChI=1S/C32H40O4Si/c1-24(31(25(2)30(34)26(3)33)35-23-27-16-10-7-11-17-27)22-36-37(32(4,5)6,28-18-12-8-13-19-28)29-20-14-9-15-21-29/h7-21,24-25,31H,22-23H2,1-6H3/t24-,25+,31-/m1/s1. The number of carbonyl (C=O) groups excluding carboxylic acids is 2. The molecule has 5 heteroatoms. The highest BCUT2D eigenvalue weighted by molar-refractivity contribution is 6.99. The van der Waals surface area contributed by atoms with E-state index in [-0.39, 0.29) is 11.0 Å². The van der Waals surface area contributed by atoms with Crippen LogP contribution in [0, 0.1) is 11.8 Å². The normalized spacial score (nSPS) is 14.5. The molecule has 0 radical (unpaired) electrons. The molecule has 3 atom stereocenters. The van der Waals surface area contributed by atoms with Gasteiger partial charge in [0.2, 0.25) is 5.78 Å². The summed E-state index contributed by atoms with van der Waals surface area (Å²) in [4.78, 5) is 24.7. The molecule has 0 aromatic heterocycles. The number of ketones is 2. The van der Waals surface area contributed by atoms with Crippen LogP contribution in [0.15, 0.2) is 91.0 Å². The van der Waals surface area contributed by atoms with Crippen molar-refractivity contribution in [2.24, 2.45) is 11.8 Å². The Bertz CT molecular complexity index is 1100. The fourth-order valence-corrected chi connectivity index (χ4v) is 9.82. The Morgan fingerprint density at radius 2 is 1.24 bits per heavy atom. The van der Waals surface area contributed by atoms with E-state index in [2.05, 4.69) is 76.2 Å². The van der Waals surface area contributed by atoms with Crippen LogP contribution < -0.4 is 10.4 Å². The SMILES string of the molecule is CC(=O)C(=O)[C@H](C)[C@H](OCc1ccccc1)[C@H](C)CO[Si](c1ccccc1)(c1ccccc1)C(C)(C)C. The van der Waals surface area contributed by atoms with Crippen LogP contribution in [0.2, 0.25) is 5.04 Å². The molecule has 0 spiro atoms. The van der Waals surface area contributed by atoms with Gasteiger partial charge in [-0.05, 0) is 21.0 Å². The average molecular weight is 517 g/mol. The molecule has 3 aromatic rings. The van der Waals surface area contributed by atoms with Gasteiger partial charge >= 0.3 is 0 Å². The molecular formula is C32H40O4Si. The number of rotatable bonds is 12. The number of hydrogen-bond donors (Lipinski definition) is 0. The molecule has 4 nitrogen and oxygen atoms in total. The zero-order valence-corrected chi connectivity index (χ0v) is 23.9. The molecule has 0 saturated heterocycles. The summed E-state index contributed by atoms with van der Waals surface area (Å²) in [5.74, 6) is -1.54. The van der Waals surface area contributed by atoms with Gasteiger partial charge in [-0.2, -0.15) is 0 Å². The third-order valence-electron chi connectivity index (χ3n) is 7.08. The highest BCUT2D eigenvalue weighted by Crippen LogP contribution is 2.37. The summed E-state index contributed by atoms with van der Waals surface area (Å²) in [6.07, 6.45) is -0.463. The van der Waals surface area contributed by atoms with Crippen LogP contribution in [0.4, 0.5) is 0 Å². The maximum absolute atomic E-state index is 12.7. The summed E-state index contributed by atoms with van der Waals surface area (Å²) in [6.45, 7) is 12.7. The van der Waals surface area contributed by atoms with Gasteiger partial charge in [-0.25, -0.2) is 0 Å². The molecular weight excluding hydrogens is 476 g/mol. The van der Waals surface area contributed by atoms with Crippen molar-refractivity contribution in [2.75, 3.05) is 6.61 Å². The van der Waals surface area contributed by atoms with Crippen molar-refractivity contribution in [1.29, 1.82) is 0 Å². The summed E-state index contributed by atoms with van der Waals surface area (Å²) < 4.78 is 13.5.